The molecule has 73 heavy (non-hydrogen) atoms. The number of aryl methyl sites for hydroxylation is 2. The number of nitrogens with two attached hydrogens (primary N) is 1. The third kappa shape index (κ3) is 13.4. The van der Waals surface area contributed by atoms with Gasteiger partial charge in [0, 0.05) is 38.9 Å². The van der Waals surface area contributed by atoms with E-state index in [1.54, 1.807) is 37.3 Å². The van der Waals surface area contributed by atoms with Crippen LogP contribution in [0.25, 0.3) is 11.0 Å². The first-order valence-corrected chi connectivity index (χ1v) is 25.5. The number of rotatable bonds is 19. The number of amides is 8. The predicted octanol–water partition coefficient (Wildman–Crippen LogP) is 4.34. The first-order chi connectivity index (χ1) is 34.9. The number of fused-ring (bicyclic) bond motifs is 2. The molecule has 0 spiro atoms. The molecule has 3 fully saturated rings. The molecule has 3 aliphatic rings. The fourth-order valence-electron chi connectivity index (χ4n) is 10.4. The Morgan fingerprint density at radius 2 is 1.47 bits per heavy atom. The van der Waals surface area contributed by atoms with Gasteiger partial charge in [-0.05, 0) is 94.9 Å². The molecule has 3 aromatic carbocycles. The molecule has 3 saturated heterocycles. The Morgan fingerprint density at radius 1 is 0.795 bits per heavy atom. The van der Waals surface area contributed by atoms with Gasteiger partial charge in [0.25, 0.3) is 0 Å². The van der Waals surface area contributed by atoms with Crippen LogP contribution in [0.15, 0.2) is 83.7 Å². The van der Waals surface area contributed by atoms with Crippen LogP contribution in [-0.2, 0) is 51.8 Å². The maximum Gasteiger partial charge on any atom is 0.408 e. The fraction of sp³-hybridized carbons (Fsp3) is 0.500. The second kappa shape index (κ2) is 23.9. The lowest BCUT2D eigenvalue weighted by atomic mass is 9.98. The van der Waals surface area contributed by atoms with Crippen molar-refractivity contribution in [2.24, 2.45) is 12.8 Å². The van der Waals surface area contributed by atoms with Gasteiger partial charge < -0.3 is 36.2 Å². The summed E-state index contributed by atoms with van der Waals surface area (Å²) in [6, 6.07) is 19.2. The highest BCUT2D eigenvalue weighted by molar-refractivity contribution is 6.00. The number of hydrogen-bond donors (Lipinski definition) is 5. The molecule has 0 bridgehead atoms. The van der Waals surface area contributed by atoms with Crippen LogP contribution in [0.2, 0.25) is 0 Å². The van der Waals surface area contributed by atoms with Crippen molar-refractivity contribution < 1.29 is 43.1 Å². The minimum absolute atomic E-state index is 0.0852. The lowest BCUT2D eigenvalue weighted by Crippen LogP contribution is -2.62. The number of nitrogens with zero attached hydrogens (tertiary/aromatic N) is 4. The molecule has 2 unspecified atom stereocenters. The first kappa shape index (κ1) is 53.5. The van der Waals surface area contributed by atoms with E-state index < -0.39 is 77.5 Å². The molecule has 0 aliphatic carbocycles. The molecule has 1 aromatic heterocycles. The van der Waals surface area contributed by atoms with E-state index in [1.807, 2.05) is 78.9 Å². The number of carbonyl (C=O) groups excluding carboxylic acids is 8. The number of ether oxygens (including phenoxy) is 1. The number of unbranched alkanes of at least 4 members (excludes halogenated alkanes) is 4. The average molecular weight is 1000 g/mol. The van der Waals surface area contributed by atoms with Crippen LogP contribution in [0.5, 0.6) is 0 Å². The number of benzene rings is 3. The van der Waals surface area contributed by atoms with Crippen molar-refractivity contribution in [1.29, 1.82) is 0 Å². The van der Waals surface area contributed by atoms with E-state index in [1.165, 1.54) is 9.47 Å². The number of primary amides is 1. The summed E-state index contributed by atoms with van der Waals surface area (Å²) in [4.78, 5) is 123. The Bertz CT molecular complexity index is 2690. The number of hydrogen-bond acceptors (Lipinski definition) is 10. The minimum Gasteiger partial charge on any atom is -0.444 e. The van der Waals surface area contributed by atoms with E-state index in [0.717, 1.165) is 47.9 Å². The largest absolute Gasteiger partial charge is 0.444 e. The molecule has 0 radical (unpaired) electrons. The molecule has 8 amide bonds. The number of carbonyl (C=O) groups is 8. The van der Waals surface area contributed by atoms with Gasteiger partial charge in [-0.25, -0.2) is 9.59 Å². The monoisotopic (exact) mass is 1000 g/mol. The quantitative estimate of drug-likeness (QED) is 0.0656. The summed E-state index contributed by atoms with van der Waals surface area (Å²) in [5.41, 5.74) is 8.33. The van der Waals surface area contributed by atoms with Crippen LogP contribution < -0.4 is 32.7 Å². The second-order valence-electron chi connectivity index (χ2n) is 20.4. The lowest BCUT2D eigenvalue weighted by Gasteiger charge is -2.39. The average Bonchev–Trinajstić information content (AvgIpc) is 3.89. The number of nitrogens with one attached hydrogen (secondary N) is 4. The highest BCUT2D eigenvalue weighted by atomic mass is 16.6. The van der Waals surface area contributed by atoms with Crippen LogP contribution >= 0.6 is 0 Å². The van der Waals surface area contributed by atoms with Gasteiger partial charge in [0.15, 0.2) is 0 Å². The Labute approximate surface area is 424 Å². The zero-order valence-corrected chi connectivity index (χ0v) is 42.2. The number of alkyl carbamates (subject to hydrolysis) is 1. The van der Waals surface area contributed by atoms with Gasteiger partial charge in [0.2, 0.25) is 41.4 Å². The molecular formula is C54H69N9O10. The molecule has 19 nitrogen and oxygen atoms in total. The van der Waals surface area contributed by atoms with E-state index >= 15 is 0 Å². The van der Waals surface area contributed by atoms with E-state index in [0.29, 0.717) is 31.2 Å². The number of aromatic nitrogens is 2. The maximum atomic E-state index is 14.7. The van der Waals surface area contributed by atoms with Crippen molar-refractivity contribution in [2.75, 3.05) is 13.1 Å². The SMILES string of the molecule is Cn1c(=O)n(C2CCC(=O)NC2=O)c2cccc(CCCCCCCC(=O)N3CCC4CC[C@@H](C(=O)N[C@@H](CCC(N)=O)C(=O)NC(c5ccccc5)c5ccccc5)N4C(=O)[C@@H](NC(=O)OC(C)(C)C)C3)c21. The molecule has 19 heteroatoms. The van der Waals surface area contributed by atoms with Gasteiger partial charge >= 0.3 is 11.8 Å². The van der Waals surface area contributed by atoms with Crippen molar-refractivity contribution in [2.45, 2.75) is 153 Å². The van der Waals surface area contributed by atoms with Crippen molar-refractivity contribution in [3.63, 3.8) is 0 Å². The van der Waals surface area contributed by atoms with E-state index in [-0.39, 0.29) is 69.1 Å². The van der Waals surface area contributed by atoms with E-state index in [2.05, 4.69) is 21.3 Å². The van der Waals surface area contributed by atoms with Crippen molar-refractivity contribution >= 4 is 58.5 Å². The maximum absolute atomic E-state index is 14.7. The summed E-state index contributed by atoms with van der Waals surface area (Å²) >= 11 is 0. The summed E-state index contributed by atoms with van der Waals surface area (Å²) in [6.07, 6.45) is 5.25. The molecule has 6 N–H and O–H groups in total. The van der Waals surface area contributed by atoms with Crippen molar-refractivity contribution in [3.8, 4) is 0 Å². The Balaban J connectivity index is 0.968. The highest BCUT2D eigenvalue weighted by Crippen LogP contribution is 2.31. The van der Waals surface area contributed by atoms with Gasteiger partial charge in [-0.15, -0.1) is 0 Å². The number of imidazole rings is 1. The smallest absolute Gasteiger partial charge is 0.408 e. The van der Waals surface area contributed by atoms with Crippen molar-refractivity contribution in [1.82, 2.24) is 40.2 Å². The summed E-state index contributed by atoms with van der Waals surface area (Å²) in [5, 5.41) is 10.9. The van der Waals surface area contributed by atoms with Crippen LogP contribution in [0.4, 0.5) is 4.79 Å². The molecule has 4 heterocycles. The molecule has 0 saturated carbocycles. The summed E-state index contributed by atoms with van der Waals surface area (Å²) < 4.78 is 8.59. The molecule has 390 valence electrons. The zero-order chi connectivity index (χ0) is 52.4. The standard InChI is InChI=1S/C54H69N9O10/c1-54(2,3)73-52(71)57-39-33-61(45(66)24-15-7-5-6-10-21-36-22-16-23-40-47(36)60(4)53(72)63(40)42-28-30-44(65)58-50(42)69)32-31-37-25-27-41(62(37)51(39)70)49(68)56-38(26-29-43(55)64)48(67)59-46(34-17-11-8-12-18-34)35-19-13-9-14-20-35/h8-9,11-14,16-20,22-23,37-39,41-42,46H,5-7,10,15,21,24-33H2,1-4H3,(H2,55,64)(H,56,68)(H,57,71)(H,59,67)(H,58,65,69)/t37?,38-,39-,41-,42?/m0/s1. The van der Waals surface area contributed by atoms with Crippen molar-refractivity contribution in [3.05, 3.63) is 106 Å². The molecular weight excluding hydrogens is 935 g/mol. The number of para-hydroxylation sites is 1. The van der Waals surface area contributed by atoms with Gasteiger partial charge in [0.1, 0.15) is 29.8 Å². The lowest BCUT2D eigenvalue weighted by molar-refractivity contribution is -0.146. The number of imide groups is 1. The van der Waals surface area contributed by atoms with Gasteiger partial charge in [-0.2, -0.15) is 0 Å². The van der Waals surface area contributed by atoms with E-state index in [9.17, 15) is 43.2 Å². The minimum atomic E-state index is -1.24. The van der Waals surface area contributed by atoms with Crippen LogP contribution in [-0.4, -0.2) is 109 Å². The predicted molar refractivity (Wildman–Crippen MR) is 271 cm³/mol. The summed E-state index contributed by atoms with van der Waals surface area (Å²) in [5.74, 6) is -3.32. The first-order valence-electron chi connectivity index (χ1n) is 25.5. The molecule has 5 atom stereocenters. The fourth-order valence-corrected chi connectivity index (χ4v) is 10.4. The second-order valence-corrected chi connectivity index (χ2v) is 20.4. The van der Waals surface area contributed by atoms with Gasteiger partial charge in [0.05, 0.1) is 23.6 Å². The summed E-state index contributed by atoms with van der Waals surface area (Å²) in [7, 11) is 1.69. The van der Waals surface area contributed by atoms with Gasteiger partial charge in [-0.1, -0.05) is 92.1 Å². The molecule has 3 aliphatic heterocycles. The molecule has 4 aromatic rings. The Hall–Kier alpha value is -7.31. The van der Waals surface area contributed by atoms with Gasteiger partial charge in [-0.3, -0.25) is 48.0 Å². The third-order valence-electron chi connectivity index (χ3n) is 13.9. The molecule has 7 rings (SSSR count). The summed E-state index contributed by atoms with van der Waals surface area (Å²) in [6.45, 7) is 5.22. The van der Waals surface area contributed by atoms with Crippen LogP contribution in [0, 0.1) is 0 Å². The number of piperidine rings is 1. The van der Waals surface area contributed by atoms with Crippen LogP contribution in [0.1, 0.15) is 133 Å². The van der Waals surface area contributed by atoms with Crippen LogP contribution in [0.3, 0.4) is 0 Å². The van der Waals surface area contributed by atoms with E-state index in [4.69, 9.17) is 10.5 Å². The third-order valence-corrected chi connectivity index (χ3v) is 13.9. The Kier molecular flexibility index (Phi) is 17.5. The highest BCUT2D eigenvalue weighted by Gasteiger charge is 2.46. The topological polar surface area (TPSA) is 253 Å². The normalized spacial score (nSPS) is 19.7. The Morgan fingerprint density at radius 3 is 2.12 bits per heavy atom. The zero-order valence-electron chi connectivity index (χ0n) is 42.2.